The molecule has 1 saturated heterocycles. The van der Waals surface area contributed by atoms with Crippen LogP contribution in [0.2, 0.25) is 0 Å². The van der Waals surface area contributed by atoms with Crippen molar-refractivity contribution in [2.75, 3.05) is 18.5 Å². The van der Waals surface area contributed by atoms with Gasteiger partial charge in [0, 0.05) is 3.57 Å². The van der Waals surface area contributed by atoms with Crippen LogP contribution in [-0.4, -0.2) is 58.3 Å². The summed E-state index contributed by atoms with van der Waals surface area (Å²) in [5.41, 5.74) is 0.446. The van der Waals surface area contributed by atoms with Gasteiger partial charge in [-0.25, -0.2) is 14.1 Å². The Morgan fingerprint density at radius 2 is 1.94 bits per heavy atom. The summed E-state index contributed by atoms with van der Waals surface area (Å²) in [7, 11) is 0. The SMILES string of the molecule is CC[C@H](C)[C@@H](C(=O)Nc1ccc(I)cc1F)N1C(=O)N[C@H](c2ccc(OC[C@H](O)CO)cc2)C1=O. The molecule has 2 aromatic rings. The van der Waals surface area contributed by atoms with E-state index in [0.29, 0.717) is 21.3 Å². The van der Waals surface area contributed by atoms with E-state index >= 15 is 0 Å². The quantitative estimate of drug-likeness (QED) is 0.246. The standard InChI is InChI=1S/C24H27FIN3O6/c1-3-13(2)21(22(32)27-19-9-6-15(26)10-18(19)25)29-23(33)20(28-24(29)34)14-4-7-17(8-5-14)35-12-16(31)11-30/h4-10,13,16,20-21,30-31H,3,11-12H2,1-2H3,(H,27,32)(H,28,34)/t13-,16+,20+,21-/m0/s1. The van der Waals surface area contributed by atoms with Gasteiger partial charge in [-0.05, 0) is 64.4 Å². The summed E-state index contributed by atoms with van der Waals surface area (Å²) in [5, 5.41) is 23.4. The molecule has 188 valence electrons. The maximum Gasteiger partial charge on any atom is 0.325 e. The Labute approximate surface area is 215 Å². The second kappa shape index (κ2) is 11.8. The number of carbonyl (C=O) groups excluding carboxylic acids is 3. The number of aliphatic hydroxyl groups is 2. The van der Waals surface area contributed by atoms with Crippen molar-refractivity contribution >= 4 is 46.1 Å². The lowest BCUT2D eigenvalue weighted by Crippen LogP contribution is -2.51. The zero-order chi connectivity index (χ0) is 25.7. The molecule has 0 aliphatic carbocycles. The first-order valence-electron chi connectivity index (χ1n) is 11.1. The third-order valence-electron chi connectivity index (χ3n) is 5.76. The van der Waals surface area contributed by atoms with Crippen molar-refractivity contribution in [3.05, 3.63) is 57.4 Å². The molecule has 2 aromatic carbocycles. The number of hydrogen-bond acceptors (Lipinski definition) is 6. The first kappa shape index (κ1) is 26.8. The highest BCUT2D eigenvalue weighted by molar-refractivity contribution is 14.1. The van der Waals surface area contributed by atoms with E-state index < -0.39 is 48.5 Å². The van der Waals surface area contributed by atoms with Crippen molar-refractivity contribution in [1.82, 2.24) is 10.2 Å². The molecule has 0 spiro atoms. The fourth-order valence-corrected chi connectivity index (χ4v) is 4.09. The van der Waals surface area contributed by atoms with Crippen molar-refractivity contribution in [3.8, 4) is 5.75 Å². The van der Waals surface area contributed by atoms with Crippen LogP contribution in [0.25, 0.3) is 0 Å². The maximum atomic E-state index is 14.3. The number of anilines is 1. The van der Waals surface area contributed by atoms with E-state index in [2.05, 4.69) is 10.6 Å². The molecule has 1 heterocycles. The predicted octanol–water partition coefficient (Wildman–Crippen LogP) is 2.81. The minimum atomic E-state index is -1.14. The van der Waals surface area contributed by atoms with E-state index in [-0.39, 0.29) is 18.2 Å². The second-order valence-corrected chi connectivity index (χ2v) is 9.50. The van der Waals surface area contributed by atoms with Gasteiger partial charge in [0.2, 0.25) is 5.91 Å². The van der Waals surface area contributed by atoms with E-state index in [1.165, 1.54) is 12.1 Å². The Kier molecular flexibility index (Phi) is 9.03. The van der Waals surface area contributed by atoms with Gasteiger partial charge in [0.1, 0.15) is 36.4 Å². The smallest absolute Gasteiger partial charge is 0.325 e. The van der Waals surface area contributed by atoms with Crippen molar-refractivity contribution < 1.29 is 33.7 Å². The molecule has 4 N–H and O–H groups in total. The summed E-state index contributed by atoms with van der Waals surface area (Å²) < 4.78 is 20.3. The molecule has 1 aliphatic heterocycles. The minimum absolute atomic E-state index is 0.0331. The number of rotatable bonds is 10. The molecule has 1 fully saturated rings. The number of carbonyl (C=O) groups is 3. The van der Waals surface area contributed by atoms with Crippen molar-refractivity contribution in [2.24, 2.45) is 5.92 Å². The van der Waals surface area contributed by atoms with Crippen LogP contribution in [-0.2, 0) is 9.59 Å². The molecule has 0 radical (unpaired) electrons. The largest absolute Gasteiger partial charge is 0.491 e. The van der Waals surface area contributed by atoms with Crippen LogP contribution in [0, 0.1) is 15.3 Å². The Bertz CT molecular complexity index is 1080. The molecule has 1 aliphatic rings. The number of imide groups is 1. The summed E-state index contributed by atoms with van der Waals surface area (Å²) in [6, 6.07) is 7.80. The van der Waals surface area contributed by atoms with Gasteiger partial charge in [0.15, 0.2) is 0 Å². The molecule has 4 amide bonds. The number of benzene rings is 2. The lowest BCUT2D eigenvalue weighted by atomic mass is 9.96. The lowest BCUT2D eigenvalue weighted by molar-refractivity contribution is -0.135. The fourth-order valence-electron chi connectivity index (χ4n) is 3.64. The van der Waals surface area contributed by atoms with Crippen molar-refractivity contribution in [2.45, 2.75) is 38.5 Å². The molecular formula is C24H27FIN3O6. The van der Waals surface area contributed by atoms with Gasteiger partial charge in [-0.15, -0.1) is 0 Å². The van der Waals surface area contributed by atoms with E-state index in [1.807, 2.05) is 29.5 Å². The molecule has 0 unspecified atom stereocenters. The van der Waals surface area contributed by atoms with Gasteiger partial charge >= 0.3 is 6.03 Å². The zero-order valence-electron chi connectivity index (χ0n) is 19.2. The Hall–Kier alpha value is -2.77. The first-order valence-corrected chi connectivity index (χ1v) is 12.1. The molecule has 9 nitrogen and oxygen atoms in total. The summed E-state index contributed by atoms with van der Waals surface area (Å²) in [5.74, 6) is -1.84. The topological polar surface area (TPSA) is 128 Å². The molecule has 11 heteroatoms. The Balaban J connectivity index is 1.79. The number of amides is 4. The molecule has 35 heavy (non-hydrogen) atoms. The van der Waals surface area contributed by atoms with E-state index in [1.54, 1.807) is 37.3 Å². The van der Waals surface area contributed by atoms with Gasteiger partial charge in [-0.3, -0.25) is 9.59 Å². The van der Waals surface area contributed by atoms with Crippen LogP contribution in [0.4, 0.5) is 14.9 Å². The Morgan fingerprint density at radius 1 is 1.26 bits per heavy atom. The predicted molar refractivity (Wildman–Crippen MR) is 134 cm³/mol. The van der Waals surface area contributed by atoms with Crippen LogP contribution in [0.15, 0.2) is 42.5 Å². The zero-order valence-corrected chi connectivity index (χ0v) is 21.4. The van der Waals surface area contributed by atoms with Gasteiger partial charge in [0.05, 0.1) is 12.3 Å². The third kappa shape index (κ3) is 6.27. The first-order chi connectivity index (χ1) is 16.7. The molecule has 0 bridgehead atoms. The fraction of sp³-hybridized carbons (Fsp3) is 0.375. The molecule has 0 saturated carbocycles. The molecular weight excluding hydrogens is 572 g/mol. The van der Waals surface area contributed by atoms with E-state index in [4.69, 9.17) is 9.84 Å². The van der Waals surface area contributed by atoms with E-state index in [0.717, 1.165) is 4.90 Å². The molecule has 4 atom stereocenters. The Morgan fingerprint density at radius 3 is 2.54 bits per heavy atom. The van der Waals surface area contributed by atoms with Gasteiger partial charge in [-0.1, -0.05) is 32.4 Å². The normalized spacial score (nSPS) is 18.1. The highest BCUT2D eigenvalue weighted by atomic mass is 127. The molecule has 3 rings (SSSR count). The van der Waals surface area contributed by atoms with Crippen LogP contribution < -0.4 is 15.4 Å². The number of aliphatic hydroxyl groups excluding tert-OH is 2. The van der Waals surface area contributed by atoms with Crippen LogP contribution >= 0.6 is 22.6 Å². The van der Waals surface area contributed by atoms with Gasteiger partial charge in [-0.2, -0.15) is 0 Å². The van der Waals surface area contributed by atoms with E-state index in [9.17, 15) is 23.9 Å². The number of halogens is 2. The average molecular weight is 599 g/mol. The average Bonchev–Trinajstić information content (AvgIpc) is 3.13. The van der Waals surface area contributed by atoms with Crippen LogP contribution in [0.1, 0.15) is 31.9 Å². The number of ether oxygens (including phenoxy) is 1. The van der Waals surface area contributed by atoms with Gasteiger partial charge in [0.25, 0.3) is 5.91 Å². The number of nitrogens with zero attached hydrogens (tertiary/aromatic N) is 1. The lowest BCUT2D eigenvalue weighted by Gasteiger charge is -2.29. The number of hydrogen-bond donors (Lipinski definition) is 4. The number of nitrogens with one attached hydrogen (secondary N) is 2. The summed E-state index contributed by atoms with van der Waals surface area (Å²) in [4.78, 5) is 40.2. The summed E-state index contributed by atoms with van der Waals surface area (Å²) in [6.45, 7) is 3.04. The summed E-state index contributed by atoms with van der Waals surface area (Å²) >= 11 is 1.95. The minimum Gasteiger partial charge on any atom is -0.491 e. The molecule has 0 aromatic heterocycles. The van der Waals surface area contributed by atoms with Crippen LogP contribution in [0.3, 0.4) is 0 Å². The second-order valence-electron chi connectivity index (χ2n) is 8.25. The monoisotopic (exact) mass is 599 g/mol. The van der Waals surface area contributed by atoms with Gasteiger partial charge < -0.3 is 25.6 Å². The highest BCUT2D eigenvalue weighted by Crippen LogP contribution is 2.29. The highest BCUT2D eigenvalue weighted by Gasteiger charge is 2.46. The van der Waals surface area contributed by atoms with Crippen molar-refractivity contribution in [3.63, 3.8) is 0 Å². The van der Waals surface area contributed by atoms with Crippen molar-refractivity contribution in [1.29, 1.82) is 0 Å². The van der Waals surface area contributed by atoms with Crippen LogP contribution in [0.5, 0.6) is 5.75 Å². The maximum absolute atomic E-state index is 14.3. The number of urea groups is 1. The third-order valence-corrected chi connectivity index (χ3v) is 6.43. The summed E-state index contributed by atoms with van der Waals surface area (Å²) in [6.07, 6.45) is -0.517.